The molecule has 12 heavy (non-hydrogen) atoms. The van der Waals surface area contributed by atoms with E-state index in [9.17, 15) is 0 Å². The molecule has 0 spiro atoms. The Morgan fingerprint density at radius 1 is 1.33 bits per heavy atom. The van der Waals surface area contributed by atoms with Gasteiger partial charge in [0, 0.05) is 16.1 Å². The Morgan fingerprint density at radius 2 is 2.17 bits per heavy atom. The van der Waals surface area contributed by atoms with E-state index in [1.165, 1.54) is 0 Å². The van der Waals surface area contributed by atoms with Crippen molar-refractivity contribution in [3.63, 3.8) is 0 Å². The SMILES string of the molecule is [CH2]c1cccc2ncc(Br)cc12. The highest BCUT2D eigenvalue weighted by Crippen LogP contribution is 2.19. The lowest BCUT2D eigenvalue weighted by molar-refractivity contribution is 1.38. The van der Waals surface area contributed by atoms with Crippen molar-refractivity contribution in [2.24, 2.45) is 0 Å². The third-order valence-corrected chi connectivity index (χ3v) is 2.22. The molecule has 0 bridgehead atoms. The zero-order valence-corrected chi connectivity index (χ0v) is 8.01. The number of fused-ring (bicyclic) bond motifs is 1. The van der Waals surface area contributed by atoms with Gasteiger partial charge in [0.25, 0.3) is 0 Å². The predicted molar refractivity (Wildman–Crippen MR) is 53.9 cm³/mol. The van der Waals surface area contributed by atoms with Gasteiger partial charge in [0.2, 0.25) is 0 Å². The Balaban J connectivity index is 2.88. The molecule has 0 aliphatic heterocycles. The molecule has 0 fully saturated rings. The van der Waals surface area contributed by atoms with Gasteiger partial charge in [-0.15, -0.1) is 0 Å². The Labute approximate surface area is 79.6 Å². The molecule has 1 heterocycles. The van der Waals surface area contributed by atoms with Gasteiger partial charge in [-0.1, -0.05) is 12.1 Å². The van der Waals surface area contributed by atoms with E-state index < -0.39 is 0 Å². The fourth-order valence-electron chi connectivity index (χ4n) is 1.19. The average Bonchev–Trinajstić information content (AvgIpc) is 2.07. The van der Waals surface area contributed by atoms with E-state index >= 15 is 0 Å². The van der Waals surface area contributed by atoms with Crippen molar-refractivity contribution in [1.82, 2.24) is 4.98 Å². The molecule has 1 aromatic heterocycles. The summed E-state index contributed by atoms with van der Waals surface area (Å²) in [6, 6.07) is 7.96. The lowest BCUT2D eigenvalue weighted by atomic mass is 10.1. The van der Waals surface area contributed by atoms with Crippen molar-refractivity contribution in [3.8, 4) is 0 Å². The van der Waals surface area contributed by atoms with Gasteiger partial charge in [0.1, 0.15) is 0 Å². The molecule has 2 rings (SSSR count). The standard InChI is InChI=1S/C10H7BrN/c1-7-3-2-4-10-9(7)5-8(11)6-12-10/h2-6H,1H2. The minimum Gasteiger partial charge on any atom is -0.255 e. The topological polar surface area (TPSA) is 12.9 Å². The molecule has 0 atom stereocenters. The fraction of sp³-hybridized carbons (Fsp3) is 0. The first-order valence-electron chi connectivity index (χ1n) is 3.63. The predicted octanol–water partition coefficient (Wildman–Crippen LogP) is 3.18. The Hall–Kier alpha value is -0.890. The molecule has 0 saturated heterocycles. The van der Waals surface area contributed by atoms with Crippen LogP contribution < -0.4 is 0 Å². The molecule has 0 N–H and O–H groups in total. The summed E-state index contributed by atoms with van der Waals surface area (Å²) in [5.74, 6) is 0. The lowest BCUT2D eigenvalue weighted by Gasteiger charge is -2.00. The van der Waals surface area contributed by atoms with Crippen molar-refractivity contribution in [2.45, 2.75) is 0 Å². The lowest BCUT2D eigenvalue weighted by Crippen LogP contribution is -1.81. The highest BCUT2D eigenvalue weighted by atomic mass is 79.9. The maximum Gasteiger partial charge on any atom is 0.0705 e. The first-order valence-corrected chi connectivity index (χ1v) is 4.43. The third-order valence-electron chi connectivity index (χ3n) is 1.78. The van der Waals surface area contributed by atoms with Crippen LogP contribution in [0.2, 0.25) is 0 Å². The minimum atomic E-state index is 0.991. The van der Waals surface area contributed by atoms with Gasteiger partial charge < -0.3 is 0 Å². The van der Waals surface area contributed by atoms with Crippen LogP contribution in [0.5, 0.6) is 0 Å². The highest BCUT2D eigenvalue weighted by molar-refractivity contribution is 9.10. The highest BCUT2D eigenvalue weighted by Gasteiger charge is 1.97. The molecule has 1 nitrogen and oxygen atoms in total. The Morgan fingerprint density at radius 3 is 3.00 bits per heavy atom. The number of halogens is 1. The Bertz CT molecular complexity index is 423. The second kappa shape index (κ2) is 2.87. The molecule has 59 valence electrons. The van der Waals surface area contributed by atoms with Gasteiger partial charge in [0.15, 0.2) is 0 Å². The van der Waals surface area contributed by atoms with Crippen LogP contribution >= 0.6 is 15.9 Å². The van der Waals surface area contributed by atoms with E-state index in [2.05, 4.69) is 27.8 Å². The summed E-state index contributed by atoms with van der Waals surface area (Å²) in [5.41, 5.74) is 2.01. The van der Waals surface area contributed by atoms with E-state index in [0.29, 0.717) is 0 Å². The zero-order chi connectivity index (χ0) is 8.55. The van der Waals surface area contributed by atoms with Crippen molar-refractivity contribution in [3.05, 3.63) is 47.4 Å². The van der Waals surface area contributed by atoms with Crippen molar-refractivity contribution in [1.29, 1.82) is 0 Å². The monoisotopic (exact) mass is 220 g/mol. The maximum absolute atomic E-state index is 4.25. The first-order chi connectivity index (χ1) is 5.77. The largest absolute Gasteiger partial charge is 0.255 e. The second-order valence-electron chi connectivity index (χ2n) is 2.64. The minimum absolute atomic E-state index is 0.991. The van der Waals surface area contributed by atoms with Crippen LogP contribution in [0.25, 0.3) is 10.9 Å². The molecule has 1 aromatic carbocycles. The number of benzene rings is 1. The van der Waals surface area contributed by atoms with Crippen LogP contribution in [0.4, 0.5) is 0 Å². The summed E-state index contributed by atoms with van der Waals surface area (Å²) >= 11 is 3.38. The average molecular weight is 221 g/mol. The van der Waals surface area contributed by atoms with E-state index in [1.54, 1.807) is 6.20 Å². The molecule has 0 amide bonds. The molecular formula is C10H7BrN. The number of aromatic nitrogens is 1. The van der Waals surface area contributed by atoms with Crippen molar-refractivity contribution < 1.29 is 0 Å². The molecular weight excluding hydrogens is 214 g/mol. The summed E-state index contributed by atoms with van der Waals surface area (Å²) in [6.07, 6.45) is 1.79. The number of hydrogen-bond acceptors (Lipinski definition) is 1. The fourth-order valence-corrected chi connectivity index (χ4v) is 1.52. The van der Waals surface area contributed by atoms with Crippen molar-refractivity contribution in [2.75, 3.05) is 0 Å². The third kappa shape index (κ3) is 1.23. The van der Waals surface area contributed by atoms with Gasteiger partial charge in [-0.2, -0.15) is 0 Å². The molecule has 0 saturated carbocycles. The molecule has 1 radical (unpaired) electrons. The van der Waals surface area contributed by atoms with Gasteiger partial charge in [-0.05, 0) is 40.5 Å². The quantitative estimate of drug-likeness (QED) is 0.665. The smallest absolute Gasteiger partial charge is 0.0705 e. The molecule has 0 aliphatic rings. The van der Waals surface area contributed by atoms with Crippen LogP contribution in [0.3, 0.4) is 0 Å². The summed E-state index contributed by atoms with van der Waals surface area (Å²) in [6.45, 7) is 3.93. The summed E-state index contributed by atoms with van der Waals surface area (Å²) in [5, 5.41) is 1.10. The van der Waals surface area contributed by atoms with E-state index in [1.807, 2.05) is 24.3 Å². The van der Waals surface area contributed by atoms with Crippen LogP contribution in [0.15, 0.2) is 34.9 Å². The van der Waals surface area contributed by atoms with Gasteiger partial charge in [0.05, 0.1) is 5.52 Å². The van der Waals surface area contributed by atoms with Crippen LogP contribution in [0.1, 0.15) is 5.56 Å². The van der Waals surface area contributed by atoms with Crippen LogP contribution in [-0.4, -0.2) is 4.98 Å². The van der Waals surface area contributed by atoms with E-state index in [0.717, 1.165) is 20.9 Å². The van der Waals surface area contributed by atoms with E-state index in [-0.39, 0.29) is 0 Å². The number of hydrogen-bond donors (Lipinski definition) is 0. The zero-order valence-electron chi connectivity index (χ0n) is 6.42. The maximum atomic E-state index is 4.25. The first kappa shape index (κ1) is 7.74. The number of pyridine rings is 1. The van der Waals surface area contributed by atoms with Crippen LogP contribution in [0, 0.1) is 6.92 Å². The molecule has 0 aliphatic carbocycles. The normalized spacial score (nSPS) is 10.5. The van der Waals surface area contributed by atoms with Crippen molar-refractivity contribution >= 4 is 26.8 Å². The van der Waals surface area contributed by atoms with Gasteiger partial charge in [-0.3, -0.25) is 4.98 Å². The summed E-state index contributed by atoms with van der Waals surface area (Å²) in [4.78, 5) is 4.25. The van der Waals surface area contributed by atoms with E-state index in [4.69, 9.17) is 0 Å². The van der Waals surface area contributed by atoms with Gasteiger partial charge in [-0.25, -0.2) is 0 Å². The Kier molecular flexibility index (Phi) is 1.85. The summed E-state index contributed by atoms with van der Waals surface area (Å²) in [7, 11) is 0. The molecule has 2 heteroatoms. The number of nitrogens with zero attached hydrogens (tertiary/aromatic N) is 1. The van der Waals surface area contributed by atoms with Crippen LogP contribution in [-0.2, 0) is 0 Å². The molecule has 2 aromatic rings. The van der Waals surface area contributed by atoms with Gasteiger partial charge >= 0.3 is 0 Å². The number of rotatable bonds is 0. The summed E-state index contributed by atoms with van der Waals surface area (Å²) < 4.78 is 0.992. The molecule has 0 unspecified atom stereocenters. The second-order valence-corrected chi connectivity index (χ2v) is 3.55.